The van der Waals surface area contributed by atoms with Crippen LogP contribution in [0.3, 0.4) is 0 Å². The summed E-state index contributed by atoms with van der Waals surface area (Å²) in [6, 6.07) is 3.44. The minimum atomic E-state index is -1.09. The van der Waals surface area contributed by atoms with E-state index in [1.807, 2.05) is 13.8 Å². The number of nitrogens with one attached hydrogen (secondary N) is 2. The van der Waals surface area contributed by atoms with E-state index in [2.05, 4.69) is 42.5 Å². The Hall–Kier alpha value is -0.920. The summed E-state index contributed by atoms with van der Waals surface area (Å²) in [5, 5.41) is 14.9. The maximum atomic E-state index is 11.8. The van der Waals surface area contributed by atoms with E-state index in [1.165, 1.54) is 6.07 Å². The number of carbonyl (C=O) groups is 2. The van der Waals surface area contributed by atoms with Gasteiger partial charge in [-0.25, -0.2) is 4.79 Å². The molecule has 0 fully saturated rings. The van der Waals surface area contributed by atoms with Gasteiger partial charge in [0.2, 0.25) is 5.91 Å². The molecule has 0 heterocycles. The van der Waals surface area contributed by atoms with E-state index in [0.29, 0.717) is 21.5 Å². The molecule has 0 bridgehead atoms. The lowest BCUT2D eigenvalue weighted by Gasteiger charge is -2.12. The van der Waals surface area contributed by atoms with Crippen LogP contribution in [0.25, 0.3) is 0 Å². The fourth-order valence-corrected chi connectivity index (χ4v) is 2.87. The lowest BCUT2D eigenvalue weighted by Crippen LogP contribution is -2.27. The highest BCUT2D eigenvalue weighted by molar-refractivity contribution is 9.11. The largest absolute Gasteiger partial charge is 0.478 e. The van der Waals surface area contributed by atoms with Crippen molar-refractivity contribution in [3.05, 3.63) is 26.6 Å². The van der Waals surface area contributed by atoms with Crippen LogP contribution in [0.2, 0.25) is 0 Å². The number of carboxylic acid groups (broad SMARTS) is 1. The molecular formula is C13H16Br2N2O3. The summed E-state index contributed by atoms with van der Waals surface area (Å²) in [6.45, 7) is 4.53. The summed E-state index contributed by atoms with van der Waals surface area (Å²) in [7, 11) is 0. The third kappa shape index (κ3) is 5.22. The van der Waals surface area contributed by atoms with Crippen molar-refractivity contribution in [2.75, 3.05) is 11.9 Å². The molecule has 0 saturated heterocycles. The summed E-state index contributed by atoms with van der Waals surface area (Å²) >= 11 is 6.49. The molecule has 7 heteroatoms. The Balaban J connectivity index is 2.81. The van der Waals surface area contributed by atoms with E-state index in [-0.39, 0.29) is 23.6 Å². The second-order valence-electron chi connectivity index (χ2n) is 4.52. The van der Waals surface area contributed by atoms with Gasteiger partial charge in [-0.2, -0.15) is 0 Å². The summed E-state index contributed by atoms with van der Waals surface area (Å²) in [6.07, 6.45) is 0.278. The topological polar surface area (TPSA) is 78.4 Å². The quantitative estimate of drug-likeness (QED) is 0.676. The number of amides is 1. The molecule has 0 aliphatic heterocycles. The van der Waals surface area contributed by atoms with E-state index in [4.69, 9.17) is 0 Å². The van der Waals surface area contributed by atoms with E-state index < -0.39 is 5.97 Å². The normalized spacial score (nSPS) is 10.7. The number of carboxylic acids is 1. The number of hydrogen-bond donors (Lipinski definition) is 3. The van der Waals surface area contributed by atoms with Crippen LogP contribution >= 0.6 is 31.9 Å². The molecule has 1 aromatic carbocycles. The maximum absolute atomic E-state index is 11.8. The second kappa shape index (κ2) is 7.75. The Morgan fingerprint density at radius 1 is 1.30 bits per heavy atom. The SMILES string of the molecule is CC(C)NCCC(=O)Nc1c(Br)cc(Br)cc1C(=O)O. The number of hydrogen-bond acceptors (Lipinski definition) is 3. The number of aromatic carboxylic acids is 1. The van der Waals surface area contributed by atoms with Crippen LogP contribution in [0.4, 0.5) is 5.69 Å². The molecule has 20 heavy (non-hydrogen) atoms. The first-order valence-electron chi connectivity index (χ1n) is 6.07. The molecule has 3 N–H and O–H groups in total. The number of anilines is 1. The number of benzene rings is 1. The van der Waals surface area contributed by atoms with E-state index in [0.717, 1.165) is 0 Å². The lowest BCUT2D eigenvalue weighted by atomic mass is 10.1. The molecule has 1 amide bonds. The Morgan fingerprint density at radius 3 is 2.50 bits per heavy atom. The van der Waals surface area contributed by atoms with Gasteiger partial charge in [0.25, 0.3) is 0 Å². The Labute approximate surface area is 134 Å². The van der Waals surface area contributed by atoms with Gasteiger partial charge in [-0.3, -0.25) is 4.79 Å². The van der Waals surface area contributed by atoms with Crippen LogP contribution in [0.5, 0.6) is 0 Å². The average molecular weight is 408 g/mol. The smallest absolute Gasteiger partial charge is 0.337 e. The minimum Gasteiger partial charge on any atom is -0.478 e. The highest BCUT2D eigenvalue weighted by Crippen LogP contribution is 2.30. The molecular weight excluding hydrogens is 392 g/mol. The molecule has 0 saturated carbocycles. The van der Waals surface area contributed by atoms with Gasteiger partial charge in [0.05, 0.1) is 11.3 Å². The van der Waals surface area contributed by atoms with Crippen LogP contribution in [0.15, 0.2) is 21.1 Å². The first kappa shape index (κ1) is 17.1. The molecule has 0 spiro atoms. The zero-order valence-corrected chi connectivity index (χ0v) is 14.3. The third-order valence-corrected chi connectivity index (χ3v) is 3.54. The van der Waals surface area contributed by atoms with Gasteiger partial charge >= 0.3 is 5.97 Å². The van der Waals surface area contributed by atoms with Crippen LogP contribution in [-0.4, -0.2) is 29.6 Å². The third-order valence-electron chi connectivity index (χ3n) is 2.45. The fourth-order valence-electron chi connectivity index (χ4n) is 1.55. The van der Waals surface area contributed by atoms with Crippen molar-refractivity contribution in [1.29, 1.82) is 0 Å². The highest BCUT2D eigenvalue weighted by Gasteiger charge is 2.16. The summed E-state index contributed by atoms with van der Waals surface area (Å²) in [5.74, 6) is -1.33. The van der Waals surface area contributed by atoms with Crippen molar-refractivity contribution in [3.63, 3.8) is 0 Å². The molecule has 5 nitrogen and oxygen atoms in total. The molecule has 0 radical (unpaired) electrons. The van der Waals surface area contributed by atoms with Gasteiger partial charge in [0, 0.05) is 28.0 Å². The Kier molecular flexibility index (Phi) is 6.64. The van der Waals surface area contributed by atoms with Crippen molar-refractivity contribution in [2.24, 2.45) is 0 Å². The van der Waals surface area contributed by atoms with Gasteiger partial charge in [0.1, 0.15) is 0 Å². The summed E-state index contributed by atoms with van der Waals surface area (Å²) in [5.41, 5.74) is 0.312. The van der Waals surface area contributed by atoms with Gasteiger partial charge < -0.3 is 15.7 Å². The fraction of sp³-hybridized carbons (Fsp3) is 0.385. The number of carbonyl (C=O) groups excluding carboxylic acids is 1. The molecule has 0 aliphatic carbocycles. The predicted octanol–water partition coefficient (Wildman–Crippen LogP) is 3.24. The van der Waals surface area contributed by atoms with E-state index in [9.17, 15) is 14.7 Å². The van der Waals surface area contributed by atoms with E-state index >= 15 is 0 Å². The first-order valence-corrected chi connectivity index (χ1v) is 7.65. The summed E-state index contributed by atoms with van der Waals surface area (Å²) in [4.78, 5) is 23.0. The Bertz CT molecular complexity index is 519. The van der Waals surface area contributed by atoms with Crippen LogP contribution < -0.4 is 10.6 Å². The monoisotopic (exact) mass is 406 g/mol. The molecule has 1 aromatic rings. The molecule has 0 aromatic heterocycles. The van der Waals surface area contributed by atoms with Crippen LogP contribution in [-0.2, 0) is 4.79 Å². The second-order valence-corrected chi connectivity index (χ2v) is 6.29. The molecule has 0 atom stereocenters. The zero-order chi connectivity index (χ0) is 15.3. The van der Waals surface area contributed by atoms with Gasteiger partial charge in [-0.15, -0.1) is 0 Å². The number of halogens is 2. The molecule has 0 aliphatic rings. The van der Waals surface area contributed by atoms with Gasteiger partial charge in [-0.1, -0.05) is 29.8 Å². The lowest BCUT2D eigenvalue weighted by molar-refractivity contribution is -0.116. The minimum absolute atomic E-state index is 0.0384. The average Bonchev–Trinajstić information content (AvgIpc) is 2.31. The maximum Gasteiger partial charge on any atom is 0.337 e. The molecule has 110 valence electrons. The van der Waals surface area contributed by atoms with Gasteiger partial charge in [-0.05, 0) is 28.1 Å². The Morgan fingerprint density at radius 2 is 1.95 bits per heavy atom. The highest BCUT2D eigenvalue weighted by atomic mass is 79.9. The molecule has 1 rings (SSSR count). The number of rotatable bonds is 6. The van der Waals surface area contributed by atoms with Crippen molar-refractivity contribution < 1.29 is 14.7 Å². The van der Waals surface area contributed by atoms with Crippen molar-refractivity contribution in [1.82, 2.24) is 5.32 Å². The van der Waals surface area contributed by atoms with Gasteiger partial charge in [0.15, 0.2) is 0 Å². The van der Waals surface area contributed by atoms with Crippen LogP contribution in [0, 0.1) is 0 Å². The first-order chi connectivity index (χ1) is 9.31. The van der Waals surface area contributed by atoms with Crippen LogP contribution in [0.1, 0.15) is 30.6 Å². The summed E-state index contributed by atoms with van der Waals surface area (Å²) < 4.78 is 1.15. The van der Waals surface area contributed by atoms with E-state index in [1.54, 1.807) is 6.07 Å². The van der Waals surface area contributed by atoms with Crippen molar-refractivity contribution in [3.8, 4) is 0 Å². The molecule has 0 unspecified atom stereocenters. The standard InChI is InChI=1S/C13H16Br2N2O3/c1-7(2)16-4-3-11(18)17-12-9(13(19)20)5-8(14)6-10(12)15/h5-7,16H,3-4H2,1-2H3,(H,17,18)(H,19,20). The predicted molar refractivity (Wildman–Crippen MR) is 85.2 cm³/mol. The van der Waals surface area contributed by atoms with Crippen molar-refractivity contribution >= 4 is 49.4 Å². The zero-order valence-electron chi connectivity index (χ0n) is 11.2. The van der Waals surface area contributed by atoms with Crippen molar-refractivity contribution in [2.45, 2.75) is 26.3 Å².